The van der Waals surface area contributed by atoms with Gasteiger partial charge in [0.2, 0.25) is 11.8 Å². The van der Waals surface area contributed by atoms with Crippen LogP contribution >= 0.6 is 0 Å². The average molecular weight is 459 g/mol. The van der Waals surface area contributed by atoms with Crippen molar-refractivity contribution < 1.29 is 9.59 Å². The van der Waals surface area contributed by atoms with E-state index in [1.807, 2.05) is 81.9 Å². The number of carbonyl (C=O) groups excluding carboxylic acids is 2. The van der Waals surface area contributed by atoms with E-state index < -0.39 is 6.04 Å². The fourth-order valence-corrected chi connectivity index (χ4v) is 4.77. The molecule has 6 heteroatoms. The van der Waals surface area contributed by atoms with Crippen molar-refractivity contribution in [1.29, 1.82) is 0 Å². The molecular formula is C28H34N4O2. The quantitative estimate of drug-likeness (QED) is 0.548. The monoisotopic (exact) mass is 458 g/mol. The zero-order valence-corrected chi connectivity index (χ0v) is 20.8. The van der Waals surface area contributed by atoms with Gasteiger partial charge in [0, 0.05) is 44.2 Å². The normalized spacial score (nSPS) is 15.4. The molecular weight excluding hydrogens is 424 g/mol. The smallest absolute Gasteiger partial charge is 0.245 e. The highest BCUT2D eigenvalue weighted by molar-refractivity contribution is 5.88. The topological polar surface area (TPSA) is 58.4 Å². The molecule has 0 N–H and O–H groups in total. The fourth-order valence-electron chi connectivity index (χ4n) is 4.77. The van der Waals surface area contributed by atoms with Crippen LogP contribution < -0.4 is 0 Å². The Labute approximate surface area is 202 Å². The number of aromatic nitrogens is 2. The maximum Gasteiger partial charge on any atom is 0.245 e. The number of carbonyl (C=O) groups is 2. The van der Waals surface area contributed by atoms with Crippen LogP contribution in [0.25, 0.3) is 5.69 Å². The number of amides is 2. The molecule has 1 aliphatic heterocycles. The molecule has 1 atom stereocenters. The Balaban J connectivity index is 1.58. The highest BCUT2D eigenvalue weighted by Gasteiger charge is 2.36. The van der Waals surface area contributed by atoms with E-state index in [4.69, 9.17) is 5.10 Å². The van der Waals surface area contributed by atoms with Crippen molar-refractivity contribution in [1.82, 2.24) is 19.6 Å². The SMILES string of the molecule is Cc1nn(-c2ccccc2)c(C)c1CN(C)C(=O)C1Cc2ccccc2CN1C(=O)CC(C)C. The summed E-state index contributed by atoms with van der Waals surface area (Å²) >= 11 is 0. The number of benzene rings is 2. The number of rotatable bonds is 6. The van der Waals surface area contributed by atoms with Crippen molar-refractivity contribution in [2.24, 2.45) is 5.92 Å². The van der Waals surface area contributed by atoms with Gasteiger partial charge in [0.05, 0.1) is 11.4 Å². The fraction of sp³-hybridized carbons (Fsp3) is 0.393. The Morgan fingerprint density at radius 2 is 1.68 bits per heavy atom. The van der Waals surface area contributed by atoms with Crippen LogP contribution in [0.5, 0.6) is 0 Å². The lowest BCUT2D eigenvalue weighted by atomic mass is 9.92. The van der Waals surface area contributed by atoms with Crippen molar-refractivity contribution in [3.8, 4) is 5.69 Å². The van der Waals surface area contributed by atoms with E-state index in [0.29, 0.717) is 25.9 Å². The zero-order valence-electron chi connectivity index (χ0n) is 20.8. The molecule has 0 saturated carbocycles. The summed E-state index contributed by atoms with van der Waals surface area (Å²) in [5.74, 6) is 0.255. The van der Waals surface area contributed by atoms with Crippen LogP contribution in [0.4, 0.5) is 0 Å². The number of likely N-dealkylation sites (N-methyl/N-ethyl adjacent to an activating group) is 1. The summed E-state index contributed by atoms with van der Waals surface area (Å²) in [6, 6.07) is 17.6. The lowest BCUT2D eigenvalue weighted by Crippen LogP contribution is -2.53. The van der Waals surface area contributed by atoms with Gasteiger partial charge in [-0.05, 0) is 43.0 Å². The zero-order chi connectivity index (χ0) is 24.4. The summed E-state index contributed by atoms with van der Waals surface area (Å²) in [5, 5.41) is 4.73. The molecule has 2 amide bonds. The number of nitrogens with zero attached hydrogens (tertiary/aromatic N) is 4. The van der Waals surface area contributed by atoms with Gasteiger partial charge in [-0.3, -0.25) is 9.59 Å². The molecule has 2 heterocycles. The predicted octanol–water partition coefficient (Wildman–Crippen LogP) is 4.45. The molecule has 1 aliphatic rings. The highest BCUT2D eigenvalue weighted by Crippen LogP contribution is 2.27. The second-order valence-electron chi connectivity index (χ2n) is 9.70. The lowest BCUT2D eigenvalue weighted by Gasteiger charge is -2.38. The van der Waals surface area contributed by atoms with Crippen molar-refractivity contribution in [2.45, 2.75) is 59.7 Å². The van der Waals surface area contributed by atoms with Crippen LogP contribution in [0.1, 0.15) is 48.3 Å². The summed E-state index contributed by atoms with van der Waals surface area (Å²) < 4.78 is 1.93. The molecule has 0 radical (unpaired) electrons. The third-order valence-corrected chi connectivity index (χ3v) is 6.65. The van der Waals surface area contributed by atoms with E-state index in [0.717, 1.165) is 33.8 Å². The van der Waals surface area contributed by atoms with Crippen molar-refractivity contribution in [3.05, 3.63) is 82.7 Å². The number of aryl methyl sites for hydroxylation is 1. The van der Waals surface area contributed by atoms with Crippen molar-refractivity contribution >= 4 is 11.8 Å². The number of hydrogen-bond donors (Lipinski definition) is 0. The summed E-state index contributed by atoms with van der Waals surface area (Å²) in [4.78, 5) is 30.4. The Morgan fingerprint density at radius 1 is 1.03 bits per heavy atom. The predicted molar refractivity (Wildman–Crippen MR) is 133 cm³/mol. The minimum Gasteiger partial charge on any atom is -0.339 e. The van der Waals surface area contributed by atoms with Gasteiger partial charge in [0.1, 0.15) is 6.04 Å². The van der Waals surface area contributed by atoms with Gasteiger partial charge in [0.25, 0.3) is 0 Å². The summed E-state index contributed by atoms with van der Waals surface area (Å²) in [7, 11) is 1.83. The molecule has 0 fully saturated rings. The van der Waals surface area contributed by atoms with E-state index >= 15 is 0 Å². The van der Waals surface area contributed by atoms with Gasteiger partial charge < -0.3 is 9.80 Å². The third kappa shape index (κ3) is 4.76. The second kappa shape index (κ2) is 9.84. The first kappa shape index (κ1) is 23.7. The summed E-state index contributed by atoms with van der Waals surface area (Å²) in [6.07, 6.45) is 0.988. The van der Waals surface area contributed by atoms with Crippen LogP contribution in [-0.2, 0) is 29.1 Å². The molecule has 0 bridgehead atoms. The van der Waals surface area contributed by atoms with Crippen molar-refractivity contribution in [3.63, 3.8) is 0 Å². The molecule has 6 nitrogen and oxygen atoms in total. The van der Waals surface area contributed by atoms with Crippen LogP contribution in [0.2, 0.25) is 0 Å². The Kier molecular flexibility index (Phi) is 6.87. The van der Waals surface area contributed by atoms with E-state index in [1.165, 1.54) is 0 Å². The first-order chi connectivity index (χ1) is 16.3. The van der Waals surface area contributed by atoms with Gasteiger partial charge >= 0.3 is 0 Å². The number of para-hydroxylation sites is 1. The number of fused-ring (bicyclic) bond motifs is 1. The van der Waals surface area contributed by atoms with Crippen LogP contribution in [0.15, 0.2) is 54.6 Å². The molecule has 34 heavy (non-hydrogen) atoms. The Morgan fingerprint density at radius 3 is 2.35 bits per heavy atom. The first-order valence-electron chi connectivity index (χ1n) is 12.0. The highest BCUT2D eigenvalue weighted by atomic mass is 16.2. The minimum atomic E-state index is -0.490. The lowest BCUT2D eigenvalue weighted by molar-refractivity contribution is -0.147. The Hall–Kier alpha value is -3.41. The van der Waals surface area contributed by atoms with Crippen LogP contribution in [-0.4, -0.2) is 44.5 Å². The van der Waals surface area contributed by atoms with Crippen molar-refractivity contribution in [2.75, 3.05) is 7.05 Å². The van der Waals surface area contributed by atoms with E-state index in [1.54, 1.807) is 9.80 Å². The van der Waals surface area contributed by atoms with Crippen LogP contribution in [0.3, 0.4) is 0 Å². The Bertz CT molecular complexity index is 1180. The molecule has 2 aromatic carbocycles. The molecule has 1 aromatic heterocycles. The molecule has 4 rings (SSSR count). The van der Waals surface area contributed by atoms with Gasteiger partial charge in [-0.2, -0.15) is 5.10 Å². The molecule has 3 aromatic rings. The largest absolute Gasteiger partial charge is 0.339 e. The number of hydrogen-bond acceptors (Lipinski definition) is 3. The van der Waals surface area contributed by atoms with E-state index in [-0.39, 0.29) is 17.7 Å². The van der Waals surface area contributed by atoms with E-state index in [2.05, 4.69) is 12.1 Å². The van der Waals surface area contributed by atoms with Crippen LogP contribution in [0, 0.1) is 19.8 Å². The molecule has 178 valence electrons. The maximum absolute atomic E-state index is 13.7. The second-order valence-corrected chi connectivity index (χ2v) is 9.70. The molecule has 0 saturated heterocycles. The van der Waals surface area contributed by atoms with Gasteiger partial charge in [0.15, 0.2) is 0 Å². The molecule has 0 spiro atoms. The van der Waals surface area contributed by atoms with Gasteiger partial charge in [-0.15, -0.1) is 0 Å². The summed E-state index contributed by atoms with van der Waals surface area (Å²) in [6.45, 7) is 9.03. The maximum atomic E-state index is 13.7. The minimum absolute atomic E-state index is 0.0297. The molecule has 0 aliphatic carbocycles. The summed E-state index contributed by atoms with van der Waals surface area (Å²) in [5.41, 5.74) is 6.23. The molecule has 1 unspecified atom stereocenters. The first-order valence-corrected chi connectivity index (χ1v) is 12.0. The third-order valence-electron chi connectivity index (χ3n) is 6.65. The van der Waals surface area contributed by atoms with E-state index in [9.17, 15) is 9.59 Å². The standard InChI is InChI=1S/C28H34N4O2/c1-19(2)15-27(33)31-17-23-12-10-9-11-22(23)16-26(31)28(34)30(5)18-25-20(3)29-32(21(25)4)24-13-7-6-8-14-24/h6-14,19,26H,15-18H2,1-5H3. The van der Waals surface area contributed by atoms with Gasteiger partial charge in [-0.1, -0.05) is 56.3 Å². The van der Waals surface area contributed by atoms with Gasteiger partial charge in [-0.25, -0.2) is 4.68 Å². The average Bonchev–Trinajstić information content (AvgIpc) is 3.11.